The van der Waals surface area contributed by atoms with Crippen molar-refractivity contribution in [2.24, 2.45) is 0 Å². The first kappa shape index (κ1) is 16.6. The molecule has 1 amide bonds. The number of carbonyl (C=O) groups excluding carboxylic acids is 1. The van der Waals surface area contributed by atoms with Gasteiger partial charge in [0, 0.05) is 16.5 Å². The number of hydrogen-bond acceptors (Lipinski definition) is 5. The van der Waals surface area contributed by atoms with E-state index in [0.717, 1.165) is 16.9 Å². The second-order valence-electron chi connectivity index (χ2n) is 5.03. The minimum absolute atomic E-state index is 0.0141. The van der Waals surface area contributed by atoms with Gasteiger partial charge in [-0.3, -0.25) is 19.8 Å². The summed E-state index contributed by atoms with van der Waals surface area (Å²) < 4.78 is 0. The first-order valence-electron chi connectivity index (χ1n) is 6.73. The Morgan fingerprint density at radius 3 is 2.79 bits per heavy atom. The number of aryl methyl sites for hydroxylation is 1. The zero-order valence-electron chi connectivity index (χ0n) is 12.3. The normalized spacial score (nSPS) is 15.9. The SMILES string of the molecule is Cc1cc(Cl)ccc1N1C(=O)/C(=C/c2csc([N+](=O)[O-])c2)NC1=S. The third-order valence-electron chi connectivity index (χ3n) is 3.37. The van der Waals surface area contributed by atoms with Gasteiger partial charge in [-0.05, 0) is 54.5 Å². The van der Waals surface area contributed by atoms with Gasteiger partial charge in [-0.2, -0.15) is 0 Å². The van der Waals surface area contributed by atoms with Gasteiger partial charge in [-0.1, -0.05) is 22.9 Å². The van der Waals surface area contributed by atoms with Crippen LogP contribution in [0.3, 0.4) is 0 Å². The van der Waals surface area contributed by atoms with Crippen LogP contribution in [0.5, 0.6) is 0 Å². The van der Waals surface area contributed by atoms with E-state index in [4.69, 9.17) is 23.8 Å². The average molecular weight is 380 g/mol. The quantitative estimate of drug-likeness (QED) is 0.379. The fraction of sp³-hybridized carbons (Fsp3) is 0.0667. The van der Waals surface area contributed by atoms with E-state index < -0.39 is 4.92 Å². The number of thiophene rings is 1. The first-order valence-corrected chi connectivity index (χ1v) is 8.39. The molecule has 1 aliphatic rings. The van der Waals surface area contributed by atoms with Gasteiger partial charge in [0.25, 0.3) is 5.91 Å². The van der Waals surface area contributed by atoms with Gasteiger partial charge < -0.3 is 5.32 Å². The van der Waals surface area contributed by atoms with Crippen molar-refractivity contribution in [3.8, 4) is 0 Å². The molecule has 1 aliphatic heterocycles. The fourth-order valence-electron chi connectivity index (χ4n) is 2.30. The van der Waals surface area contributed by atoms with Crippen molar-refractivity contribution in [1.82, 2.24) is 5.32 Å². The summed E-state index contributed by atoms with van der Waals surface area (Å²) in [5, 5.41) is 16.0. The van der Waals surface area contributed by atoms with Crippen molar-refractivity contribution in [3.63, 3.8) is 0 Å². The maximum absolute atomic E-state index is 12.6. The minimum atomic E-state index is -0.468. The Labute approximate surface area is 151 Å². The highest BCUT2D eigenvalue weighted by Crippen LogP contribution is 2.29. The number of nitrogens with one attached hydrogen (secondary N) is 1. The third-order valence-corrected chi connectivity index (χ3v) is 4.79. The molecule has 6 nitrogen and oxygen atoms in total. The molecule has 0 saturated carbocycles. The molecule has 24 heavy (non-hydrogen) atoms. The lowest BCUT2D eigenvalue weighted by Crippen LogP contribution is -2.30. The van der Waals surface area contributed by atoms with Crippen LogP contribution in [0.15, 0.2) is 35.3 Å². The van der Waals surface area contributed by atoms with Crippen LogP contribution in [0.25, 0.3) is 6.08 Å². The van der Waals surface area contributed by atoms with E-state index in [2.05, 4.69) is 5.32 Å². The molecule has 2 aromatic rings. The number of nitro groups is 1. The minimum Gasteiger partial charge on any atom is -0.327 e. The molecule has 0 spiro atoms. The molecule has 9 heteroatoms. The van der Waals surface area contributed by atoms with Gasteiger partial charge in [-0.25, -0.2) is 0 Å². The van der Waals surface area contributed by atoms with Crippen molar-refractivity contribution < 1.29 is 9.72 Å². The number of carbonyl (C=O) groups is 1. The molecule has 0 bridgehead atoms. The Morgan fingerprint density at radius 2 is 2.17 bits per heavy atom. The average Bonchev–Trinajstić information content (AvgIpc) is 3.07. The third kappa shape index (κ3) is 3.03. The lowest BCUT2D eigenvalue weighted by atomic mass is 10.2. The molecule has 0 aliphatic carbocycles. The highest BCUT2D eigenvalue weighted by Gasteiger charge is 2.33. The zero-order valence-corrected chi connectivity index (χ0v) is 14.7. The van der Waals surface area contributed by atoms with E-state index >= 15 is 0 Å². The van der Waals surface area contributed by atoms with Crippen molar-refractivity contribution in [3.05, 3.63) is 61.6 Å². The topological polar surface area (TPSA) is 75.5 Å². The number of thiocarbonyl (C=S) groups is 1. The molecule has 1 saturated heterocycles. The lowest BCUT2D eigenvalue weighted by molar-refractivity contribution is -0.380. The van der Waals surface area contributed by atoms with Gasteiger partial charge in [0.1, 0.15) is 5.70 Å². The summed E-state index contributed by atoms with van der Waals surface area (Å²) in [5.41, 5.74) is 2.29. The largest absolute Gasteiger partial charge is 0.327 e. The van der Waals surface area contributed by atoms with E-state index in [1.807, 2.05) is 6.92 Å². The van der Waals surface area contributed by atoms with E-state index in [9.17, 15) is 14.9 Å². The first-order chi connectivity index (χ1) is 11.4. The molecule has 0 unspecified atom stereocenters. The van der Waals surface area contributed by atoms with Gasteiger partial charge in [-0.15, -0.1) is 0 Å². The van der Waals surface area contributed by atoms with Crippen molar-refractivity contribution in [2.45, 2.75) is 6.92 Å². The van der Waals surface area contributed by atoms with Crippen LogP contribution in [0, 0.1) is 17.0 Å². The van der Waals surface area contributed by atoms with Crippen molar-refractivity contribution in [2.75, 3.05) is 4.90 Å². The van der Waals surface area contributed by atoms with Crippen molar-refractivity contribution in [1.29, 1.82) is 0 Å². The molecule has 122 valence electrons. The second-order valence-corrected chi connectivity index (χ2v) is 6.75. The number of rotatable bonds is 3. The van der Waals surface area contributed by atoms with Crippen LogP contribution in [0.4, 0.5) is 10.7 Å². The Bertz CT molecular complexity index is 907. The fourth-order valence-corrected chi connectivity index (χ4v) is 3.50. The monoisotopic (exact) mass is 379 g/mol. The van der Waals surface area contributed by atoms with Crippen molar-refractivity contribution >= 4 is 62.9 Å². The van der Waals surface area contributed by atoms with Gasteiger partial charge in [0.2, 0.25) is 0 Å². The van der Waals surface area contributed by atoms with Crippen LogP contribution in [0.2, 0.25) is 5.02 Å². The van der Waals surface area contributed by atoms with Crippen LogP contribution < -0.4 is 10.2 Å². The van der Waals surface area contributed by atoms with E-state index in [1.165, 1.54) is 11.0 Å². The van der Waals surface area contributed by atoms with Crippen LogP contribution >= 0.6 is 35.2 Å². The molecular weight excluding hydrogens is 370 g/mol. The second kappa shape index (κ2) is 6.31. The number of amides is 1. The molecule has 2 heterocycles. The Hall–Kier alpha value is -2.29. The number of anilines is 1. The number of hydrogen-bond donors (Lipinski definition) is 1. The van der Waals surface area contributed by atoms with E-state index in [0.29, 0.717) is 16.3 Å². The summed E-state index contributed by atoms with van der Waals surface area (Å²) in [6.07, 6.45) is 1.55. The number of nitrogens with zero attached hydrogens (tertiary/aromatic N) is 2. The maximum atomic E-state index is 12.6. The molecule has 0 atom stereocenters. The summed E-state index contributed by atoms with van der Waals surface area (Å²) in [6, 6.07) is 6.56. The van der Waals surface area contributed by atoms with Gasteiger partial charge in [0.05, 0.1) is 10.6 Å². The predicted molar refractivity (Wildman–Crippen MR) is 98.4 cm³/mol. The molecule has 1 N–H and O–H groups in total. The van der Waals surface area contributed by atoms with Crippen LogP contribution in [0.1, 0.15) is 11.1 Å². The predicted octanol–water partition coefficient (Wildman–Crippen LogP) is 3.88. The summed E-state index contributed by atoms with van der Waals surface area (Å²) >= 11 is 12.2. The summed E-state index contributed by atoms with van der Waals surface area (Å²) in [4.78, 5) is 24.3. The number of benzene rings is 1. The summed E-state index contributed by atoms with van der Waals surface area (Å²) in [5.74, 6) is -0.320. The lowest BCUT2D eigenvalue weighted by Gasteiger charge is -2.16. The Morgan fingerprint density at radius 1 is 1.42 bits per heavy atom. The molecule has 1 fully saturated rings. The van der Waals surface area contributed by atoms with Gasteiger partial charge in [0.15, 0.2) is 5.11 Å². The number of halogens is 1. The molecule has 1 aromatic carbocycles. The van der Waals surface area contributed by atoms with Crippen LogP contribution in [-0.4, -0.2) is 15.9 Å². The zero-order chi connectivity index (χ0) is 17.4. The Balaban J connectivity index is 1.93. The highest BCUT2D eigenvalue weighted by molar-refractivity contribution is 7.80. The standard InChI is InChI=1S/C15H10ClN3O3S2/c1-8-4-10(16)2-3-12(8)18-14(20)11(17-15(18)23)5-9-6-13(19(21)22)24-7-9/h2-7H,1H3,(H,17,23)/b11-5-. The molecular formula is C15H10ClN3O3S2. The Kier molecular flexibility index (Phi) is 4.35. The van der Waals surface area contributed by atoms with Gasteiger partial charge >= 0.3 is 5.00 Å². The maximum Gasteiger partial charge on any atom is 0.324 e. The summed E-state index contributed by atoms with van der Waals surface area (Å²) in [6.45, 7) is 1.83. The molecule has 0 radical (unpaired) electrons. The van der Waals surface area contributed by atoms with Crippen LogP contribution in [-0.2, 0) is 4.79 Å². The van der Waals surface area contributed by atoms with E-state index in [-0.39, 0.29) is 21.7 Å². The van der Waals surface area contributed by atoms with E-state index in [1.54, 1.807) is 29.7 Å². The molecule has 3 rings (SSSR count). The molecule has 1 aromatic heterocycles. The highest BCUT2D eigenvalue weighted by atomic mass is 35.5. The smallest absolute Gasteiger partial charge is 0.324 e. The summed E-state index contributed by atoms with van der Waals surface area (Å²) in [7, 11) is 0.